The van der Waals surface area contributed by atoms with Crippen molar-refractivity contribution in [1.82, 2.24) is 24.5 Å². The number of hydrogen-bond acceptors (Lipinski definition) is 6. The Balaban J connectivity index is 1.59. The maximum absolute atomic E-state index is 13.4. The van der Waals surface area contributed by atoms with Crippen LogP contribution in [0.2, 0.25) is 0 Å². The minimum absolute atomic E-state index is 0.127. The van der Waals surface area contributed by atoms with Crippen LogP contribution in [-0.4, -0.2) is 43.5 Å². The van der Waals surface area contributed by atoms with Crippen molar-refractivity contribution in [3.63, 3.8) is 0 Å². The number of nitrogens with two attached hydrogens (primary N) is 1. The molecule has 1 amide bonds. The Hall–Kier alpha value is -4.40. The molecule has 2 aromatic carbocycles. The number of ether oxygens (including phenoxy) is 1. The summed E-state index contributed by atoms with van der Waals surface area (Å²) in [7, 11) is 0. The molecule has 1 atom stereocenters. The van der Waals surface area contributed by atoms with Crippen molar-refractivity contribution in [2.75, 3.05) is 18.8 Å². The molecule has 0 saturated carbocycles. The molecular formula is C27H28N6O3. The average molecular weight is 485 g/mol. The fourth-order valence-electron chi connectivity index (χ4n) is 4.70. The van der Waals surface area contributed by atoms with Gasteiger partial charge in [-0.1, -0.05) is 24.8 Å². The number of fused-ring (bicyclic) bond motifs is 1. The monoisotopic (exact) mass is 484 g/mol. The molecule has 4 aromatic rings. The summed E-state index contributed by atoms with van der Waals surface area (Å²) >= 11 is 0. The molecule has 0 radical (unpaired) electrons. The van der Waals surface area contributed by atoms with Crippen LogP contribution in [0.5, 0.6) is 11.5 Å². The highest BCUT2D eigenvalue weighted by molar-refractivity contribution is 5.99. The first-order chi connectivity index (χ1) is 17.5. The van der Waals surface area contributed by atoms with E-state index in [0.717, 1.165) is 24.2 Å². The van der Waals surface area contributed by atoms with Crippen LogP contribution in [0.3, 0.4) is 0 Å². The van der Waals surface area contributed by atoms with Crippen LogP contribution in [0, 0.1) is 0 Å². The number of benzene rings is 2. The average Bonchev–Trinajstić information content (AvgIpc) is 3.33. The molecule has 9 heteroatoms. The summed E-state index contributed by atoms with van der Waals surface area (Å²) in [5.74, 6) is 1.54. The van der Waals surface area contributed by atoms with E-state index in [1.807, 2.05) is 61.5 Å². The molecule has 0 bridgehead atoms. The Bertz CT molecular complexity index is 1470. The number of amides is 1. The van der Waals surface area contributed by atoms with E-state index >= 15 is 0 Å². The van der Waals surface area contributed by atoms with Crippen molar-refractivity contribution in [2.24, 2.45) is 0 Å². The zero-order valence-corrected chi connectivity index (χ0v) is 20.1. The zero-order valence-electron chi connectivity index (χ0n) is 20.1. The predicted octanol–water partition coefficient (Wildman–Crippen LogP) is 4.00. The minimum atomic E-state index is -0.253. The fourth-order valence-corrected chi connectivity index (χ4v) is 4.70. The third-order valence-corrected chi connectivity index (χ3v) is 6.47. The van der Waals surface area contributed by atoms with Crippen LogP contribution < -0.4 is 16.0 Å². The van der Waals surface area contributed by atoms with Crippen LogP contribution >= 0.6 is 0 Å². The molecule has 36 heavy (non-hydrogen) atoms. The molecular weight excluding hydrogens is 456 g/mol. The zero-order chi connectivity index (χ0) is 25.2. The van der Waals surface area contributed by atoms with Crippen molar-refractivity contribution < 1.29 is 9.53 Å². The number of hydrogen-bond donors (Lipinski definition) is 1. The lowest BCUT2D eigenvalue weighted by atomic mass is 10.1. The van der Waals surface area contributed by atoms with E-state index in [9.17, 15) is 9.59 Å². The van der Waals surface area contributed by atoms with Gasteiger partial charge in [-0.05, 0) is 62.2 Å². The lowest BCUT2D eigenvalue weighted by Crippen LogP contribution is -2.40. The van der Waals surface area contributed by atoms with Gasteiger partial charge in [0.25, 0.3) is 5.56 Å². The summed E-state index contributed by atoms with van der Waals surface area (Å²) in [4.78, 5) is 27.4. The summed E-state index contributed by atoms with van der Waals surface area (Å²) in [6.07, 6.45) is 2.91. The Morgan fingerprint density at radius 2 is 1.86 bits per heavy atom. The SMILES string of the molecule is C=CC(=O)N1CCCC(n2nc(-c3ccc(Oc4ccccc4)cc3)c3c(N)nn(CC)c(=O)c32)C1. The summed E-state index contributed by atoms with van der Waals surface area (Å²) in [5, 5.41) is 9.73. The second-order valence-electron chi connectivity index (χ2n) is 8.75. The van der Waals surface area contributed by atoms with E-state index in [2.05, 4.69) is 11.7 Å². The van der Waals surface area contributed by atoms with E-state index in [1.54, 1.807) is 9.58 Å². The van der Waals surface area contributed by atoms with Crippen molar-refractivity contribution in [1.29, 1.82) is 0 Å². The highest BCUT2D eigenvalue weighted by Crippen LogP contribution is 2.34. The van der Waals surface area contributed by atoms with Gasteiger partial charge in [-0.3, -0.25) is 14.3 Å². The van der Waals surface area contributed by atoms with Crippen LogP contribution in [0.4, 0.5) is 5.82 Å². The number of nitrogens with zero attached hydrogens (tertiary/aromatic N) is 5. The largest absolute Gasteiger partial charge is 0.457 e. The molecule has 1 aliphatic rings. The second kappa shape index (κ2) is 9.69. The number of nitrogen functional groups attached to an aromatic ring is 1. The quantitative estimate of drug-likeness (QED) is 0.415. The van der Waals surface area contributed by atoms with Gasteiger partial charge in [-0.25, -0.2) is 4.68 Å². The first-order valence-corrected chi connectivity index (χ1v) is 12.0. The van der Waals surface area contributed by atoms with Gasteiger partial charge in [-0.15, -0.1) is 0 Å². The van der Waals surface area contributed by atoms with Gasteiger partial charge in [0.2, 0.25) is 5.91 Å². The molecule has 9 nitrogen and oxygen atoms in total. The molecule has 1 saturated heterocycles. The topological polar surface area (TPSA) is 108 Å². The maximum atomic E-state index is 13.4. The van der Waals surface area contributed by atoms with E-state index in [-0.39, 0.29) is 23.3 Å². The predicted molar refractivity (Wildman–Crippen MR) is 139 cm³/mol. The summed E-state index contributed by atoms with van der Waals surface area (Å²) in [6, 6.07) is 16.9. The normalized spacial score (nSPS) is 15.7. The number of aryl methyl sites for hydroxylation is 1. The summed E-state index contributed by atoms with van der Waals surface area (Å²) in [5.41, 5.74) is 7.90. The lowest BCUT2D eigenvalue weighted by Gasteiger charge is -2.32. The molecule has 2 N–H and O–H groups in total. The van der Waals surface area contributed by atoms with Gasteiger partial charge in [0.15, 0.2) is 5.82 Å². The van der Waals surface area contributed by atoms with Gasteiger partial charge >= 0.3 is 0 Å². The van der Waals surface area contributed by atoms with Crippen molar-refractivity contribution in [2.45, 2.75) is 32.4 Å². The number of carbonyl (C=O) groups excluding carboxylic acids is 1. The van der Waals surface area contributed by atoms with Gasteiger partial charge in [-0.2, -0.15) is 10.2 Å². The van der Waals surface area contributed by atoms with E-state index in [4.69, 9.17) is 15.6 Å². The van der Waals surface area contributed by atoms with Crippen LogP contribution in [0.1, 0.15) is 25.8 Å². The van der Waals surface area contributed by atoms with Crippen LogP contribution in [0.25, 0.3) is 22.2 Å². The van der Waals surface area contributed by atoms with Crippen molar-refractivity contribution in [3.05, 3.63) is 77.6 Å². The lowest BCUT2D eigenvalue weighted by molar-refractivity contribution is -0.127. The Morgan fingerprint density at radius 1 is 1.14 bits per heavy atom. The Labute approximate surface area is 208 Å². The third-order valence-electron chi connectivity index (χ3n) is 6.47. The number of carbonyl (C=O) groups is 1. The molecule has 184 valence electrons. The molecule has 0 spiro atoms. The number of anilines is 1. The Kier molecular flexibility index (Phi) is 6.28. The number of piperidine rings is 1. The fraction of sp³-hybridized carbons (Fsp3) is 0.259. The second-order valence-corrected chi connectivity index (χ2v) is 8.75. The van der Waals surface area contributed by atoms with Crippen molar-refractivity contribution in [3.8, 4) is 22.8 Å². The molecule has 1 aliphatic heterocycles. The standard InChI is InChI=1S/C27H28N6O3/c1-3-22(34)31-16-8-9-19(17-31)33-25-23(26(28)30-32(4-2)27(25)35)24(29-33)18-12-14-21(15-13-18)36-20-10-6-5-7-11-20/h3,5-7,10-15,19H,1,4,8-9,16-17H2,2H3,(H2,28,30). The van der Waals surface area contributed by atoms with Gasteiger partial charge in [0, 0.05) is 25.2 Å². The first kappa shape index (κ1) is 23.3. The molecule has 2 aromatic heterocycles. The first-order valence-electron chi connectivity index (χ1n) is 12.0. The van der Waals surface area contributed by atoms with Gasteiger partial charge in [0.05, 0.1) is 11.4 Å². The van der Waals surface area contributed by atoms with Crippen molar-refractivity contribution >= 4 is 22.6 Å². The number of aromatic nitrogens is 4. The smallest absolute Gasteiger partial charge is 0.293 e. The number of likely N-dealkylation sites (tertiary alicyclic amines) is 1. The molecule has 5 rings (SSSR count). The van der Waals surface area contributed by atoms with E-state index in [0.29, 0.717) is 42.0 Å². The van der Waals surface area contributed by atoms with Gasteiger partial charge < -0.3 is 15.4 Å². The maximum Gasteiger partial charge on any atom is 0.293 e. The molecule has 1 fully saturated rings. The molecule has 1 unspecified atom stereocenters. The summed E-state index contributed by atoms with van der Waals surface area (Å²) in [6.45, 7) is 6.93. The minimum Gasteiger partial charge on any atom is -0.457 e. The summed E-state index contributed by atoms with van der Waals surface area (Å²) < 4.78 is 9.01. The molecule has 3 heterocycles. The van der Waals surface area contributed by atoms with E-state index in [1.165, 1.54) is 10.8 Å². The van der Waals surface area contributed by atoms with E-state index < -0.39 is 0 Å². The van der Waals surface area contributed by atoms with Crippen LogP contribution in [-0.2, 0) is 11.3 Å². The number of para-hydroxylation sites is 1. The molecule has 0 aliphatic carbocycles. The highest BCUT2D eigenvalue weighted by Gasteiger charge is 2.29. The van der Waals surface area contributed by atoms with Gasteiger partial charge in [0.1, 0.15) is 22.7 Å². The highest BCUT2D eigenvalue weighted by atomic mass is 16.5. The number of rotatable bonds is 6. The van der Waals surface area contributed by atoms with Crippen LogP contribution in [0.15, 0.2) is 72.0 Å². The third kappa shape index (κ3) is 4.24. The Morgan fingerprint density at radius 3 is 2.56 bits per heavy atom.